The molecule has 0 bridgehead atoms. The Morgan fingerprint density at radius 3 is 2.67 bits per heavy atom. The molecule has 1 amide bonds. The van der Waals surface area contributed by atoms with Gasteiger partial charge in [0.25, 0.3) is 0 Å². The lowest BCUT2D eigenvalue weighted by Gasteiger charge is -2.33. The van der Waals surface area contributed by atoms with Gasteiger partial charge < -0.3 is 4.90 Å². The monoisotopic (exact) mass is 309 g/mol. The first-order valence-electron chi connectivity index (χ1n) is 6.57. The van der Waals surface area contributed by atoms with E-state index in [1.54, 1.807) is 0 Å². The first kappa shape index (κ1) is 13.6. The number of aryl methyl sites for hydroxylation is 1. The van der Waals surface area contributed by atoms with Gasteiger partial charge in [0, 0.05) is 24.0 Å². The fraction of sp³-hybridized carbons (Fsp3) is 0.533. The second-order valence-electron chi connectivity index (χ2n) is 5.29. The van der Waals surface area contributed by atoms with Gasteiger partial charge in [-0.25, -0.2) is 0 Å². The quantitative estimate of drug-likeness (QED) is 0.778. The molecule has 0 fully saturated rings. The summed E-state index contributed by atoms with van der Waals surface area (Å²) in [6.07, 6.45) is 1.52. The second-order valence-corrected chi connectivity index (χ2v) is 5.94. The van der Waals surface area contributed by atoms with Gasteiger partial charge in [0.15, 0.2) is 0 Å². The van der Waals surface area contributed by atoms with Gasteiger partial charge in [0.05, 0.1) is 0 Å². The van der Waals surface area contributed by atoms with E-state index in [0.717, 1.165) is 24.0 Å². The number of hydrogen-bond acceptors (Lipinski definition) is 1. The Morgan fingerprint density at radius 1 is 1.28 bits per heavy atom. The van der Waals surface area contributed by atoms with E-state index in [-0.39, 0.29) is 5.91 Å². The number of para-hydroxylation sites is 1. The summed E-state index contributed by atoms with van der Waals surface area (Å²) in [6, 6.07) is 8.27. The Hall–Kier alpha value is -0.830. The molecule has 0 aliphatic carbocycles. The number of anilines is 1. The van der Waals surface area contributed by atoms with Crippen molar-refractivity contribution in [2.24, 2.45) is 11.8 Å². The third kappa shape index (κ3) is 2.77. The van der Waals surface area contributed by atoms with E-state index in [9.17, 15) is 4.79 Å². The Kier molecular flexibility index (Phi) is 4.44. The highest BCUT2D eigenvalue weighted by molar-refractivity contribution is 9.09. The van der Waals surface area contributed by atoms with Crippen LogP contribution in [0.5, 0.6) is 0 Å². The largest absolute Gasteiger partial charge is 0.312 e. The summed E-state index contributed by atoms with van der Waals surface area (Å²) >= 11 is 3.57. The zero-order chi connectivity index (χ0) is 13.1. The van der Waals surface area contributed by atoms with Gasteiger partial charge in [-0.05, 0) is 29.9 Å². The van der Waals surface area contributed by atoms with Gasteiger partial charge in [-0.1, -0.05) is 48.0 Å². The zero-order valence-electron chi connectivity index (χ0n) is 11.0. The second kappa shape index (κ2) is 5.87. The predicted molar refractivity (Wildman–Crippen MR) is 79.2 cm³/mol. The van der Waals surface area contributed by atoms with Crippen molar-refractivity contribution < 1.29 is 4.79 Å². The van der Waals surface area contributed by atoms with Crippen LogP contribution in [0.15, 0.2) is 24.3 Å². The van der Waals surface area contributed by atoms with Crippen molar-refractivity contribution in [3.8, 4) is 0 Å². The van der Waals surface area contributed by atoms with Crippen molar-refractivity contribution in [2.45, 2.75) is 26.7 Å². The molecule has 1 atom stereocenters. The van der Waals surface area contributed by atoms with E-state index < -0.39 is 0 Å². The van der Waals surface area contributed by atoms with Crippen molar-refractivity contribution in [2.75, 3.05) is 16.8 Å². The number of fused-ring (bicyclic) bond motifs is 1. The first-order valence-corrected chi connectivity index (χ1v) is 7.70. The van der Waals surface area contributed by atoms with E-state index in [0.29, 0.717) is 18.3 Å². The Bertz CT molecular complexity index is 430. The maximum absolute atomic E-state index is 12.1. The van der Waals surface area contributed by atoms with Crippen LogP contribution in [0.2, 0.25) is 0 Å². The van der Waals surface area contributed by atoms with Crippen molar-refractivity contribution in [3.05, 3.63) is 29.8 Å². The molecule has 1 aliphatic rings. The molecule has 1 unspecified atom stereocenters. The molecular formula is C15H20BrNO. The van der Waals surface area contributed by atoms with Gasteiger partial charge in [0.2, 0.25) is 5.91 Å². The van der Waals surface area contributed by atoms with Crippen LogP contribution in [0.3, 0.4) is 0 Å². The maximum Gasteiger partial charge on any atom is 0.227 e. The summed E-state index contributed by atoms with van der Waals surface area (Å²) < 4.78 is 0. The highest BCUT2D eigenvalue weighted by atomic mass is 79.9. The predicted octanol–water partition coefficient (Wildman–Crippen LogP) is 3.63. The van der Waals surface area contributed by atoms with Crippen molar-refractivity contribution in [1.29, 1.82) is 0 Å². The summed E-state index contributed by atoms with van der Waals surface area (Å²) in [5, 5.41) is 0.941. The Balaban J connectivity index is 2.24. The third-order valence-corrected chi connectivity index (χ3v) is 4.58. The normalized spacial score (nSPS) is 16.9. The molecule has 98 valence electrons. The van der Waals surface area contributed by atoms with Crippen molar-refractivity contribution >= 4 is 27.5 Å². The SMILES string of the molecule is CC(C)C(CBr)CN1C(=O)CCc2ccccc21. The molecule has 2 rings (SSSR count). The summed E-state index contributed by atoms with van der Waals surface area (Å²) in [7, 11) is 0. The Morgan fingerprint density at radius 2 is 2.00 bits per heavy atom. The van der Waals surface area contributed by atoms with Gasteiger partial charge in [-0.3, -0.25) is 4.79 Å². The number of nitrogens with zero attached hydrogens (tertiary/aromatic N) is 1. The van der Waals surface area contributed by atoms with E-state index >= 15 is 0 Å². The fourth-order valence-electron chi connectivity index (χ4n) is 2.37. The molecular weight excluding hydrogens is 290 g/mol. The average molecular weight is 310 g/mol. The lowest BCUT2D eigenvalue weighted by molar-refractivity contribution is -0.119. The van der Waals surface area contributed by atoms with Crippen LogP contribution in [0, 0.1) is 11.8 Å². The molecule has 18 heavy (non-hydrogen) atoms. The highest BCUT2D eigenvalue weighted by Crippen LogP contribution is 2.29. The number of benzene rings is 1. The topological polar surface area (TPSA) is 20.3 Å². The van der Waals surface area contributed by atoms with Crippen molar-refractivity contribution in [1.82, 2.24) is 0 Å². The number of amides is 1. The summed E-state index contributed by atoms with van der Waals surface area (Å²) in [4.78, 5) is 14.1. The van der Waals surface area contributed by atoms with Gasteiger partial charge in [-0.2, -0.15) is 0 Å². The number of rotatable bonds is 4. The van der Waals surface area contributed by atoms with Crippen LogP contribution in [-0.2, 0) is 11.2 Å². The average Bonchev–Trinajstić information content (AvgIpc) is 2.37. The summed E-state index contributed by atoms with van der Waals surface area (Å²) in [6.45, 7) is 5.25. The van der Waals surface area contributed by atoms with Crippen LogP contribution in [-0.4, -0.2) is 17.8 Å². The minimum atomic E-state index is 0.264. The van der Waals surface area contributed by atoms with Crippen LogP contribution in [0.25, 0.3) is 0 Å². The van der Waals surface area contributed by atoms with E-state index in [1.165, 1.54) is 5.56 Å². The lowest BCUT2D eigenvalue weighted by Crippen LogP contribution is -2.40. The van der Waals surface area contributed by atoms with E-state index in [1.807, 2.05) is 11.0 Å². The number of carbonyl (C=O) groups is 1. The molecule has 2 nitrogen and oxygen atoms in total. The van der Waals surface area contributed by atoms with Crippen LogP contribution < -0.4 is 4.90 Å². The molecule has 0 radical (unpaired) electrons. The van der Waals surface area contributed by atoms with Crippen LogP contribution in [0.4, 0.5) is 5.69 Å². The molecule has 1 heterocycles. The smallest absolute Gasteiger partial charge is 0.227 e. The van der Waals surface area contributed by atoms with Crippen LogP contribution in [0.1, 0.15) is 25.8 Å². The number of carbonyl (C=O) groups excluding carboxylic acids is 1. The van der Waals surface area contributed by atoms with Crippen molar-refractivity contribution in [3.63, 3.8) is 0 Å². The lowest BCUT2D eigenvalue weighted by atomic mass is 9.94. The third-order valence-electron chi connectivity index (χ3n) is 3.75. The summed E-state index contributed by atoms with van der Waals surface area (Å²) in [5.41, 5.74) is 2.41. The molecule has 0 aromatic heterocycles. The highest BCUT2D eigenvalue weighted by Gasteiger charge is 2.26. The first-order chi connectivity index (χ1) is 8.63. The van der Waals surface area contributed by atoms with Gasteiger partial charge in [0.1, 0.15) is 0 Å². The molecule has 1 aromatic rings. The molecule has 0 saturated carbocycles. The van der Waals surface area contributed by atoms with E-state index in [4.69, 9.17) is 0 Å². The van der Waals surface area contributed by atoms with Gasteiger partial charge >= 0.3 is 0 Å². The standard InChI is InChI=1S/C15H20BrNO/c1-11(2)13(9-16)10-17-14-6-4-3-5-12(14)7-8-15(17)18/h3-6,11,13H,7-10H2,1-2H3. The fourth-order valence-corrected chi connectivity index (χ4v) is 3.32. The Labute approximate surface area is 117 Å². The number of alkyl halides is 1. The molecule has 1 aliphatic heterocycles. The minimum Gasteiger partial charge on any atom is -0.312 e. The molecule has 0 N–H and O–H groups in total. The molecule has 0 spiro atoms. The maximum atomic E-state index is 12.1. The zero-order valence-corrected chi connectivity index (χ0v) is 12.6. The van der Waals surface area contributed by atoms with Gasteiger partial charge in [-0.15, -0.1) is 0 Å². The van der Waals surface area contributed by atoms with Crippen LogP contribution >= 0.6 is 15.9 Å². The summed E-state index contributed by atoms with van der Waals surface area (Å²) in [5.74, 6) is 1.34. The molecule has 1 aromatic carbocycles. The number of halogens is 1. The molecule has 3 heteroatoms. The van der Waals surface area contributed by atoms with E-state index in [2.05, 4.69) is 48.0 Å². The molecule has 0 saturated heterocycles. The minimum absolute atomic E-state index is 0.264. The number of hydrogen-bond donors (Lipinski definition) is 0.